The molecule has 11 heavy (non-hydrogen) atoms. The van der Waals surface area contributed by atoms with Gasteiger partial charge >= 0.3 is 0 Å². The van der Waals surface area contributed by atoms with E-state index in [2.05, 4.69) is 9.97 Å². The minimum Gasteiger partial charge on any atom is -0.347 e. The van der Waals surface area contributed by atoms with Gasteiger partial charge in [-0.1, -0.05) is 0 Å². The molecule has 1 heterocycles. The van der Waals surface area contributed by atoms with E-state index in [0.29, 0.717) is 0 Å². The Morgan fingerprint density at radius 1 is 1.73 bits per heavy atom. The van der Waals surface area contributed by atoms with Crippen molar-refractivity contribution >= 4 is 10.1 Å². The summed E-state index contributed by atoms with van der Waals surface area (Å²) in [5, 5.41) is -0.988. The lowest BCUT2D eigenvalue weighted by Gasteiger charge is -2.02. The van der Waals surface area contributed by atoms with Gasteiger partial charge in [0, 0.05) is 12.4 Å². The van der Waals surface area contributed by atoms with E-state index in [9.17, 15) is 8.42 Å². The number of rotatable bonds is 2. The number of hydrogen-bond acceptors (Lipinski definition) is 3. The quantitative estimate of drug-likeness (QED) is 0.637. The van der Waals surface area contributed by atoms with E-state index < -0.39 is 15.4 Å². The van der Waals surface area contributed by atoms with Gasteiger partial charge < -0.3 is 4.98 Å². The maximum absolute atomic E-state index is 10.5. The second-order valence-electron chi connectivity index (χ2n) is 2.13. The van der Waals surface area contributed by atoms with Crippen molar-refractivity contribution in [2.24, 2.45) is 0 Å². The fraction of sp³-hybridized carbons (Fsp3) is 0.400. The van der Waals surface area contributed by atoms with Gasteiger partial charge in [-0.3, -0.25) is 4.55 Å². The molecule has 1 aromatic rings. The molecule has 1 aromatic heterocycles. The zero-order valence-electron chi connectivity index (χ0n) is 5.85. The largest absolute Gasteiger partial charge is 0.347 e. The number of nitrogens with zero attached hydrogens (tertiary/aromatic N) is 1. The summed E-state index contributed by atoms with van der Waals surface area (Å²) in [6, 6.07) is 0. The highest BCUT2D eigenvalue weighted by atomic mass is 32.2. The van der Waals surface area contributed by atoms with Crippen molar-refractivity contribution in [3.05, 3.63) is 18.2 Å². The van der Waals surface area contributed by atoms with Crippen LogP contribution in [0.5, 0.6) is 0 Å². The van der Waals surface area contributed by atoms with Gasteiger partial charge in [0.25, 0.3) is 10.1 Å². The second kappa shape index (κ2) is 2.63. The predicted molar refractivity (Wildman–Crippen MR) is 38.6 cm³/mol. The summed E-state index contributed by atoms with van der Waals surface area (Å²) in [6.07, 6.45) is 2.92. The summed E-state index contributed by atoms with van der Waals surface area (Å²) in [6.45, 7) is 1.36. The van der Waals surface area contributed by atoms with Crippen LogP contribution in [0.3, 0.4) is 0 Å². The third-order valence-corrected chi connectivity index (χ3v) is 2.47. The average molecular weight is 176 g/mol. The molecule has 0 saturated carbocycles. The first-order chi connectivity index (χ1) is 5.02. The maximum atomic E-state index is 10.5. The molecule has 6 heteroatoms. The highest BCUT2D eigenvalue weighted by Gasteiger charge is 2.21. The maximum Gasteiger partial charge on any atom is 0.274 e. The standard InChI is InChI=1S/C5H8N2O3S/c1-4(11(8,9)10)5-6-2-3-7-5/h2-4H,1H3,(H,6,7)(H,8,9,10). The monoisotopic (exact) mass is 176 g/mol. The Kier molecular flexibility index (Phi) is 1.97. The molecule has 0 spiro atoms. The van der Waals surface area contributed by atoms with E-state index in [-0.39, 0.29) is 5.82 Å². The van der Waals surface area contributed by atoms with Crippen molar-refractivity contribution in [1.82, 2.24) is 9.97 Å². The van der Waals surface area contributed by atoms with Crippen molar-refractivity contribution in [2.75, 3.05) is 0 Å². The van der Waals surface area contributed by atoms with E-state index in [0.717, 1.165) is 0 Å². The van der Waals surface area contributed by atoms with Crippen molar-refractivity contribution in [2.45, 2.75) is 12.2 Å². The van der Waals surface area contributed by atoms with Crippen LogP contribution in [0.25, 0.3) is 0 Å². The lowest BCUT2D eigenvalue weighted by atomic mass is 10.5. The van der Waals surface area contributed by atoms with E-state index in [1.165, 1.54) is 19.3 Å². The zero-order chi connectivity index (χ0) is 8.48. The third kappa shape index (κ3) is 1.78. The number of aromatic amines is 1. The molecule has 62 valence electrons. The Balaban J connectivity index is 2.97. The summed E-state index contributed by atoms with van der Waals surface area (Å²) in [5.41, 5.74) is 0. The first-order valence-electron chi connectivity index (χ1n) is 2.97. The molecule has 5 nitrogen and oxygen atoms in total. The van der Waals surface area contributed by atoms with Crippen LogP contribution in [0.4, 0.5) is 0 Å². The van der Waals surface area contributed by atoms with E-state index in [4.69, 9.17) is 4.55 Å². The fourth-order valence-corrected chi connectivity index (χ4v) is 1.05. The normalized spacial score (nSPS) is 14.7. The molecule has 0 fully saturated rings. The predicted octanol–water partition coefficient (Wildman–Crippen LogP) is 0.358. The highest BCUT2D eigenvalue weighted by molar-refractivity contribution is 7.86. The number of imidazole rings is 1. The smallest absolute Gasteiger partial charge is 0.274 e. The van der Waals surface area contributed by atoms with Gasteiger partial charge in [-0.2, -0.15) is 8.42 Å². The summed E-state index contributed by atoms with van der Waals surface area (Å²) in [5.74, 6) is 0.243. The second-order valence-corrected chi connectivity index (χ2v) is 3.87. The fourth-order valence-electron chi connectivity index (χ4n) is 0.641. The zero-order valence-corrected chi connectivity index (χ0v) is 6.67. The third-order valence-electron chi connectivity index (χ3n) is 1.35. The molecule has 0 saturated heterocycles. The summed E-state index contributed by atoms with van der Waals surface area (Å²) in [7, 11) is -4.02. The molecule has 0 aliphatic heterocycles. The Bertz CT molecular complexity index is 316. The van der Waals surface area contributed by atoms with Gasteiger partial charge in [-0.05, 0) is 6.92 Å². The Labute approximate surface area is 64.2 Å². The van der Waals surface area contributed by atoms with Gasteiger partial charge in [0.2, 0.25) is 0 Å². The lowest BCUT2D eigenvalue weighted by molar-refractivity contribution is 0.470. The van der Waals surface area contributed by atoms with Gasteiger partial charge in [-0.25, -0.2) is 4.98 Å². The molecule has 0 bridgehead atoms. The first kappa shape index (κ1) is 8.22. The summed E-state index contributed by atoms with van der Waals surface area (Å²) < 4.78 is 29.6. The van der Waals surface area contributed by atoms with Crippen LogP contribution in [-0.4, -0.2) is 22.9 Å². The van der Waals surface area contributed by atoms with E-state index in [1.807, 2.05) is 0 Å². The van der Waals surface area contributed by atoms with Crippen LogP contribution < -0.4 is 0 Å². The van der Waals surface area contributed by atoms with Gasteiger partial charge in [-0.15, -0.1) is 0 Å². The van der Waals surface area contributed by atoms with Crippen molar-refractivity contribution < 1.29 is 13.0 Å². The van der Waals surface area contributed by atoms with Crippen LogP contribution in [0, 0.1) is 0 Å². The molecule has 0 aromatic carbocycles. The molecule has 0 aliphatic carbocycles. The Morgan fingerprint density at radius 3 is 2.73 bits per heavy atom. The topological polar surface area (TPSA) is 83.0 Å². The average Bonchev–Trinajstić information content (AvgIpc) is 2.34. The van der Waals surface area contributed by atoms with Crippen molar-refractivity contribution in [1.29, 1.82) is 0 Å². The van der Waals surface area contributed by atoms with Crippen molar-refractivity contribution in [3.63, 3.8) is 0 Å². The molecule has 0 radical (unpaired) electrons. The van der Waals surface area contributed by atoms with Gasteiger partial charge in [0.05, 0.1) is 0 Å². The number of H-pyrrole nitrogens is 1. The first-order valence-corrected chi connectivity index (χ1v) is 4.47. The molecule has 1 unspecified atom stereocenters. The van der Waals surface area contributed by atoms with Crippen LogP contribution in [0.15, 0.2) is 12.4 Å². The summed E-state index contributed by atoms with van der Waals surface area (Å²) >= 11 is 0. The van der Waals surface area contributed by atoms with Crippen LogP contribution >= 0.6 is 0 Å². The van der Waals surface area contributed by atoms with Crippen LogP contribution in [0.2, 0.25) is 0 Å². The summed E-state index contributed by atoms with van der Waals surface area (Å²) in [4.78, 5) is 6.28. The Hall–Kier alpha value is -0.880. The Morgan fingerprint density at radius 2 is 2.36 bits per heavy atom. The molecular formula is C5H8N2O3S. The SMILES string of the molecule is CC(c1ncc[nH]1)S(=O)(=O)O. The lowest BCUT2D eigenvalue weighted by Crippen LogP contribution is -2.09. The van der Waals surface area contributed by atoms with Gasteiger partial charge in [0.1, 0.15) is 11.1 Å². The van der Waals surface area contributed by atoms with Crippen LogP contribution in [-0.2, 0) is 10.1 Å². The molecule has 0 amide bonds. The minimum atomic E-state index is -4.02. The molecule has 1 rings (SSSR count). The molecule has 2 N–H and O–H groups in total. The molecule has 1 atom stereocenters. The highest BCUT2D eigenvalue weighted by Crippen LogP contribution is 2.15. The van der Waals surface area contributed by atoms with Crippen LogP contribution in [0.1, 0.15) is 18.0 Å². The number of nitrogens with one attached hydrogen (secondary N) is 1. The van der Waals surface area contributed by atoms with E-state index in [1.54, 1.807) is 0 Å². The number of hydrogen-bond donors (Lipinski definition) is 2. The van der Waals surface area contributed by atoms with Crippen molar-refractivity contribution in [3.8, 4) is 0 Å². The van der Waals surface area contributed by atoms with E-state index >= 15 is 0 Å². The number of aromatic nitrogens is 2. The molecular weight excluding hydrogens is 168 g/mol. The molecule has 0 aliphatic rings. The van der Waals surface area contributed by atoms with Gasteiger partial charge in [0.15, 0.2) is 0 Å². The minimum absolute atomic E-state index is 0.243.